The Balaban J connectivity index is 2.29. The minimum absolute atomic E-state index is 0.286. The number of aromatic nitrogens is 3. The van der Waals surface area contributed by atoms with Crippen molar-refractivity contribution in [3.8, 4) is 11.5 Å². The van der Waals surface area contributed by atoms with Crippen LogP contribution in [-0.2, 0) is 21.1 Å². The molecule has 1 aromatic carbocycles. The molecule has 0 N–H and O–H groups in total. The summed E-state index contributed by atoms with van der Waals surface area (Å²) in [5.74, 6) is 0.704. The summed E-state index contributed by atoms with van der Waals surface area (Å²) < 4.78 is 44.6. The molecule has 9 nitrogen and oxygen atoms in total. The molecule has 0 saturated carbocycles. The maximum atomic E-state index is 13.5. The van der Waals surface area contributed by atoms with Gasteiger partial charge in [0.15, 0.2) is 17.1 Å². The van der Waals surface area contributed by atoms with Gasteiger partial charge in [0, 0.05) is 24.0 Å². The second-order valence-electron chi connectivity index (χ2n) is 7.24. The molecule has 3 rings (SSSR count). The van der Waals surface area contributed by atoms with Crippen LogP contribution in [0.15, 0.2) is 39.7 Å². The molecular weight excluding hydrogens is 502 g/mol. The van der Waals surface area contributed by atoms with E-state index in [9.17, 15) is 13.2 Å². The van der Waals surface area contributed by atoms with Crippen molar-refractivity contribution in [2.45, 2.75) is 19.5 Å². The second kappa shape index (κ2) is 10.1. The molecule has 32 heavy (non-hydrogen) atoms. The molecule has 0 saturated heterocycles. The number of benzene rings is 1. The maximum Gasteiger partial charge on any atom is 0.331 e. The van der Waals surface area contributed by atoms with Crippen LogP contribution in [0, 0.1) is 0 Å². The van der Waals surface area contributed by atoms with Gasteiger partial charge in [-0.15, -0.1) is 0 Å². The summed E-state index contributed by atoms with van der Waals surface area (Å²) in [4.78, 5) is 17.9. The lowest BCUT2D eigenvalue weighted by molar-refractivity contribution is 0.187. The summed E-state index contributed by atoms with van der Waals surface area (Å²) in [6.07, 6.45) is 2.72. The summed E-state index contributed by atoms with van der Waals surface area (Å²) in [6, 6.07) is 6.12. The van der Waals surface area contributed by atoms with Gasteiger partial charge in [0.1, 0.15) is 9.84 Å². The Morgan fingerprint density at radius 2 is 1.94 bits per heavy atom. The number of pyridine rings is 1. The maximum absolute atomic E-state index is 13.5. The number of sulfone groups is 1. The van der Waals surface area contributed by atoms with E-state index in [1.165, 1.54) is 11.7 Å². The van der Waals surface area contributed by atoms with E-state index in [2.05, 4.69) is 20.9 Å². The standard InChI is InChI=1S/C21H26BrN3O6S/c1-5-31-19-10-14(6-7-18(19)30-3)17(13-32(4,27)28)25-20-16(11-15(22)12-23-20)24(21(25)26)8-9-29-2/h6-7,10-12,17H,5,8-9,13H2,1-4H3/t17-/m0/s1. The lowest BCUT2D eigenvalue weighted by Crippen LogP contribution is -2.32. The van der Waals surface area contributed by atoms with E-state index in [0.717, 1.165) is 6.26 Å². The average molecular weight is 528 g/mol. The lowest BCUT2D eigenvalue weighted by atomic mass is 10.1. The number of ether oxygens (including phenoxy) is 3. The molecule has 0 bridgehead atoms. The molecule has 0 fully saturated rings. The fraction of sp³-hybridized carbons (Fsp3) is 0.429. The molecule has 2 heterocycles. The fourth-order valence-corrected chi connectivity index (χ4v) is 4.82. The second-order valence-corrected chi connectivity index (χ2v) is 10.3. The van der Waals surface area contributed by atoms with Gasteiger partial charge in [0.2, 0.25) is 0 Å². The number of imidazole rings is 1. The summed E-state index contributed by atoms with van der Waals surface area (Å²) in [6.45, 7) is 2.87. The van der Waals surface area contributed by atoms with Gasteiger partial charge in [-0.3, -0.25) is 9.13 Å². The van der Waals surface area contributed by atoms with Gasteiger partial charge in [-0.05, 0) is 46.6 Å². The zero-order valence-electron chi connectivity index (χ0n) is 18.4. The number of rotatable bonds is 10. The van der Waals surface area contributed by atoms with Crippen molar-refractivity contribution in [3.63, 3.8) is 0 Å². The summed E-state index contributed by atoms with van der Waals surface area (Å²) in [7, 11) is -0.382. The van der Waals surface area contributed by atoms with E-state index in [-0.39, 0.29) is 11.4 Å². The number of hydrogen-bond acceptors (Lipinski definition) is 7. The Kier molecular flexibility index (Phi) is 7.63. The molecule has 0 aliphatic carbocycles. The predicted octanol–water partition coefficient (Wildman–Crippen LogP) is 2.65. The number of halogens is 1. The first-order chi connectivity index (χ1) is 15.2. The Labute approximate surface area is 195 Å². The van der Waals surface area contributed by atoms with Crippen molar-refractivity contribution in [1.82, 2.24) is 14.1 Å². The van der Waals surface area contributed by atoms with E-state index in [4.69, 9.17) is 14.2 Å². The highest BCUT2D eigenvalue weighted by atomic mass is 79.9. The monoisotopic (exact) mass is 527 g/mol. The van der Waals surface area contributed by atoms with Crippen LogP contribution in [0.1, 0.15) is 18.5 Å². The summed E-state index contributed by atoms with van der Waals surface area (Å²) >= 11 is 3.40. The molecule has 11 heteroatoms. The molecule has 0 aliphatic heterocycles. The third kappa shape index (κ3) is 5.16. The third-order valence-corrected chi connectivity index (χ3v) is 6.29. The van der Waals surface area contributed by atoms with Crippen LogP contribution >= 0.6 is 15.9 Å². The van der Waals surface area contributed by atoms with Crippen LogP contribution in [0.2, 0.25) is 0 Å². The van der Waals surface area contributed by atoms with Gasteiger partial charge in [-0.1, -0.05) is 6.07 Å². The largest absolute Gasteiger partial charge is 0.493 e. The van der Waals surface area contributed by atoms with E-state index >= 15 is 0 Å². The van der Waals surface area contributed by atoms with Crippen LogP contribution in [-0.4, -0.2) is 62.0 Å². The van der Waals surface area contributed by atoms with E-state index in [1.807, 2.05) is 6.92 Å². The topological polar surface area (TPSA) is 102 Å². The number of nitrogens with zero attached hydrogens (tertiary/aromatic N) is 3. The third-order valence-electron chi connectivity index (χ3n) is 4.93. The van der Waals surface area contributed by atoms with Crippen molar-refractivity contribution in [2.75, 3.05) is 39.4 Å². The van der Waals surface area contributed by atoms with Crippen LogP contribution in [0.5, 0.6) is 11.5 Å². The van der Waals surface area contributed by atoms with Crippen LogP contribution in [0.3, 0.4) is 0 Å². The zero-order chi connectivity index (χ0) is 23.5. The number of hydrogen-bond donors (Lipinski definition) is 0. The van der Waals surface area contributed by atoms with Crippen molar-refractivity contribution >= 4 is 36.9 Å². The smallest absolute Gasteiger partial charge is 0.331 e. The normalized spacial score (nSPS) is 12.8. The van der Waals surface area contributed by atoms with Crippen molar-refractivity contribution < 1.29 is 22.6 Å². The van der Waals surface area contributed by atoms with E-state index in [0.29, 0.717) is 52.5 Å². The highest BCUT2D eigenvalue weighted by molar-refractivity contribution is 9.10. The fourth-order valence-electron chi connectivity index (χ4n) is 3.58. The van der Waals surface area contributed by atoms with Gasteiger partial charge >= 0.3 is 5.69 Å². The molecule has 1 atom stereocenters. The molecule has 0 unspecified atom stereocenters. The van der Waals surface area contributed by atoms with Crippen LogP contribution < -0.4 is 15.2 Å². The Bertz CT molecular complexity index is 1270. The first-order valence-electron chi connectivity index (χ1n) is 9.93. The molecule has 3 aromatic rings. The molecule has 2 aromatic heterocycles. The van der Waals surface area contributed by atoms with Crippen LogP contribution in [0.4, 0.5) is 0 Å². The SMILES string of the molecule is CCOc1cc([C@H](CS(C)(=O)=O)n2c(=O)n(CCOC)c3cc(Br)cnc32)ccc1OC. The van der Waals surface area contributed by atoms with Crippen LogP contribution in [0.25, 0.3) is 11.2 Å². The Morgan fingerprint density at radius 3 is 2.56 bits per heavy atom. The minimum atomic E-state index is -3.46. The van der Waals surface area contributed by atoms with Gasteiger partial charge in [-0.2, -0.15) is 0 Å². The predicted molar refractivity (Wildman–Crippen MR) is 126 cm³/mol. The highest BCUT2D eigenvalue weighted by Crippen LogP contribution is 2.33. The zero-order valence-corrected chi connectivity index (χ0v) is 20.8. The van der Waals surface area contributed by atoms with E-state index in [1.54, 1.807) is 42.1 Å². The van der Waals surface area contributed by atoms with Gasteiger partial charge in [0.25, 0.3) is 0 Å². The first-order valence-corrected chi connectivity index (χ1v) is 12.8. The number of fused-ring (bicyclic) bond motifs is 1. The van der Waals surface area contributed by atoms with E-state index < -0.39 is 15.9 Å². The Morgan fingerprint density at radius 1 is 1.19 bits per heavy atom. The number of methoxy groups -OCH3 is 2. The average Bonchev–Trinajstić information content (AvgIpc) is 3.00. The molecular formula is C21H26BrN3O6S. The minimum Gasteiger partial charge on any atom is -0.493 e. The summed E-state index contributed by atoms with van der Waals surface area (Å²) in [5, 5.41) is 0. The first kappa shape index (κ1) is 24.3. The van der Waals surface area contributed by atoms with Gasteiger partial charge in [-0.25, -0.2) is 18.2 Å². The van der Waals surface area contributed by atoms with Crippen molar-refractivity contribution in [3.05, 3.63) is 51.0 Å². The molecule has 0 spiro atoms. The quantitative estimate of drug-likeness (QED) is 0.399. The molecule has 0 aliphatic rings. The molecule has 0 radical (unpaired) electrons. The molecule has 174 valence electrons. The van der Waals surface area contributed by atoms with Gasteiger partial charge < -0.3 is 14.2 Å². The van der Waals surface area contributed by atoms with Gasteiger partial charge in [0.05, 0.1) is 44.2 Å². The Hall–Kier alpha value is -2.37. The van der Waals surface area contributed by atoms with Crippen molar-refractivity contribution in [2.24, 2.45) is 0 Å². The van der Waals surface area contributed by atoms with Crippen molar-refractivity contribution in [1.29, 1.82) is 0 Å². The summed E-state index contributed by atoms with van der Waals surface area (Å²) in [5.41, 5.74) is 1.19. The highest BCUT2D eigenvalue weighted by Gasteiger charge is 2.27. The molecule has 0 amide bonds. The lowest BCUT2D eigenvalue weighted by Gasteiger charge is -2.20.